The molecular weight excluding hydrogens is 278 g/mol. The number of hydrazine groups is 1. The third-order valence-electron chi connectivity index (χ3n) is 2.10. The molecule has 10 heteroatoms. The van der Waals surface area contributed by atoms with Gasteiger partial charge in [0.15, 0.2) is 0 Å². The van der Waals surface area contributed by atoms with Crippen LogP contribution in [0.15, 0.2) is 12.1 Å². The predicted octanol–water partition coefficient (Wildman–Crippen LogP) is -0.251. The molecule has 1 aromatic rings. The number of primary amides is 1. The van der Waals surface area contributed by atoms with Crippen molar-refractivity contribution in [2.24, 2.45) is 11.6 Å². The van der Waals surface area contributed by atoms with Crippen LogP contribution in [0.4, 0.5) is 11.4 Å². The number of nitrogens with one attached hydrogen (secondary N) is 2. The Hall–Kier alpha value is -2.39. The molecule has 0 aliphatic carbocycles. The fraction of sp³-hybridized carbons (Fsp3) is 0.111. The number of carbonyl (C=O) groups is 2. The van der Waals surface area contributed by atoms with E-state index in [1.165, 1.54) is 6.07 Å². The SMILES string of the molecule is NNc1c(Cl)cc(C(=O)NCC(N)=O)cc1[N+](=O)[O-]. The summed E-state index contributed by atoms with van der Waals surface area (Å²) in [6, 6.07) is 2.16. The second-order valence-electron chi connectivity index (χ2n) is 3.40. The van der Waals surface area contributed by atoms with Crippen molar-refractivity contribution in [3.05, 3.63) is 32.8 Å². The number of nitrogens with two attached hydrogens (primary N) is 2. The highest BCUT2D eigenvalue weighted by Gasteiger charge is 2.21. The number of anilines is 1. The van der Waals surface area contributed by atoms with Crippen molar-refractivity contribution >= 4 is 34.8 Å². The first kappa shape index (κ1) is 14.7. The van der Waals surface area contributed by atoms with Gasteiger partial charge in [-0.05, 0) is 6.07 Å². The number of halogens is 1. The van der Waals surface area contributed by atoms with E-state index in [1.807, 2.05) is 0 Å². The van der Waals surface area contributed by atoms with Crippen LogP contribution in [0.25, 0.3) is 0 Å². The Morgan fingerprint density at radius 1 is 1.42 bits per heavy atom. The maximum absolute atomic E-state index is 11.6. The molecule has 0 saturated carbocycles. The number of nitro benzene ring substituents is 1. The summed E-state index contributed by atoms with van der Waals surface area (Å²) in [6.07, 6.45) is 0. The zero-order valence-corrected chi connectivity index (χ0v) is 10.2. The van der Waals surface area contributed by atoms with Gasteiger partial charge >= 0.3 is 0 Å². The zero-order valence-electron chi connectivity index (χ0n) is 9.47. The lowest BCUT2D eigenvalue weighted by molar-refractivity contribution is -0.384. The van der Waals surface area contributed by atoms with Crippen molar-refractivity contribution in [2.45, 2.75) is 0 Å². The van der Waals surface area contributed by atoms with Gasteiger partial charge in [-0.1, -0.05) is 11.6 Å². The number of nitrogen functional groups attached to an aromatic ring is 1. The summed E-state index contributed by atoms with van der Waals surface area (Å²) >= 11 is 5.77. The van der Waals surface area contributed by atoms with E-state index in [1.54, 1.807) is 0 Å². The molecule has 0 aromatic heterocycles. The first-order chi connectivity index (χ1) is 8.86. The van der Waals surface area contributed by atoms with Crippen LogP contribution in [0.3, 0.4) is 0 Å². The monoisotopic (exact) mass is 287 g/mol. The molecule has 0 saturated heterocycles. The van der Waals surface area contributed by atoms with Crippen LogP contribution in [-0.2, 0) is 4.79 Å². The highest BCUT2D eigenvalue weighted by atomic mass is 35.5. The molecule has 102 valence electrons. The second kappa shape index (κ2) is 5.98. The van der Waals surface area contributed by atoms with E-state index in [0.717, 1.165) is 6.07 Å². The van der Waals surface area contributed by atoms with Crippen LogP contribution in [0.2, 0.25) is 5.02 Å². The van der Waals surface area contributed by atoms with E-state index >= 15 is 0 Å². The number of rotatable bonds is 5. The lowest BCUT2D eigenvalue weighted by atomic mass is 10.1. The zero-order chi connectivity index (χ0) is 14.6. The number of nitrogens with zero attached hydrogens (tertiary/aromatic N) is 1. The van der Waals surface area contributed by atoms with E-state index in [9.17, 15) is 19.7 Å². The van der Waals surface area contributed by atoms with Crippen LogP contribution >= 0.6 is 11.6 Å². The van der Waals surface area contributed by atoms with Gasteiger partial charge < -0.3 is 16.5 Å². The van der Waals surface area contributed by atoms with Crippen LogP contribution in [0.1, 0.15) is 10.4 Å². The number of hydrogen-bond donors (Lipinski definition) is 4. The molecule has 0 heterocycles. The van der Waals surface area contributed by atoms with Crippen molar-refractivity contribution in [3.8, 4) is 0 Å². The van der Waals surface area contributed by atoms with Crippen LogP contribution < -0.4 is 22.3 Å². The van der Waals surface area contributed by atoms with E-state index in [-0.39, 0.29) is 22.8 Å². The lowest BCUT2D eigenvalue weighted by Crippen LogP contribution is -2.33. The molecule has 19 heavy (non-hydrogen) atoms. The Morgan fingerprint density at radius 3 is 2.53 bits per heavy atom. The summed E-state index contributed by atoms with van der Waals surface area (Å²) < 4.78 is 0. The lowest BCUT2D eigenvalue weighted by Gasteiger charge is -2.08. The Balaban J connectivity index is 3.13. The summed E-state index contributed by atoms with van der Waals surface area (Å²) in [5, 5.41) is 12.9. The van der Waals surface area contributed by atoms with E-state index in [4.69, 9.17) is 23.2 Å². The highest BCUT2D eigenvalue weighted by Crippen LogP contribution is 2.32. The summed E-state index contributed by atoms with van der Waals surface area (Å²) in [5.41, 5.74) is 6.28. The average molecular weight is 288 g/mol. The van der Waals surface area contributed by atoms with Crippen molar-refractivity contribution in [2.75, 3.05) is 12.0 Å². The van der Waals surface area contributed by atoms with Crippen LogP contribution in [-0.4, -0.2) is 23.3 Å². The van der Waals surface area contributed by atoms with Crippen molar-refractivity contribution in [1.82, 2.24) is 5.32 Å². The van der Waals surface area contributed by atoms with Gasteiger partial charge in [0, 0.05) is 11.6 Å². The fourth-order valence-electron chi connectivity index (χ4n) is 1.28. The van der Waals surface area contributed by atoms with E-state index in [0.29, 0.717) is 0 Å². The summed E-state index contributed by atoms with van der Waals surface area (Å²) in [5.74, 6) is 3.66. The highest BCUT2D eigenvalue weighted by molar-refractivity contribution is 6.34. The minimum absolute atomic E-state index is 0.0862. The molecule has 0 radical (unpaired) electrons. The average Bonchev–Trinajstić information content (AvgIpc) is 2.34. The van der Waals surface area contributed by atoms with Gasteiger partial charge in [0.2, 0.25) is 5.91 Å². The Morgan fingerprint density at radius 2 is 2.05 bits per heavy atom. The molecule has 0 aliphatic rings. The topological polar surface area (TPSA) is 153 Å². The molecule has 0 aliphatic heterocycles. The van der Waals surface area contributed by atoms with Crippen LogP contribution in [0.5, 0.6) is 0 Å². The van der Waals surface area contributed by atoms with Gasteiger partial charge in [0.25, 0.3) is 11.6 Å². The molecule has 0 unspecified atom stereocenters. The number of hydrogen-bond acceptors (Lipinski definition) is 6. The molecule has 1 aromatic carbocycles. The first-order valence-electron chi connectivity index (χ1n) is 4.88. The number of carbonyl (C=O) groups excluding carboxylic acids is 2. The smallest absolute Gasteiger partial charge is 0.295 e. The van der Waals surface area contributed by atoms with Gasteiger partial charge in [-0.2, -0.15) is 0 Å². The molecule has 9 nitrogen and oxygen atoms in total. The first-order valence-corrected chi connectivity index (χ1v) is 5.25. The van der Waals surface area contributed by atoms with E-state index in [2.05, 4.69) is 10.7 Å². The van der Waals surface area contributed by atoms with Crippen molar-refractivity contribution < 1.29 is 14.5 Å². The predicted molar refractivity (Wildman–Crippen MR) is 67.4 cm³/mol. The largest absolute Gasteiger partial charge is 0.368 e. The van der Waals surface area contributed by atoms with Gasteiger partial charge in [-0.15, -0.1) is 0 Å². The molecule has 1 rings (SSSR count). The molecule has 0 spiro atoms. The molecular formula is C9H10ClN5O4. The Labute approximate surface area is 112 Å². The minimum Gasteiger partial charge on any atom is -0.368 e. The van der Waals surface area contributed by atoms with Crippen molar-refractivity contribution in [1.29, 1.82) is 0 Å². The standard InChI is InChI=1S/C9H10ClN5O4/c10-5-1-4(9(17)13-3-7(11)16)2-6(15(18)19)8(5)14-12/h1-2,14H,3,12H2,(H2,11,16)(H,13,17). The molecule has 6 N–H and O–H groups in total. The maximum atomic E-state index is 11.6. The minimum atomic E-state index is -0.744. The van der Waals surface area contributed by atoms with Gasteiger partial charge in [-0.3, -0.25) is 25.5 Å². The third kappa shape index (κ3) is 3.53. The maximum Gasteiger partial charge on any atom is 0.295 e. The molecule has 0 bridgehead atoms. The molecule has 2 amide bonds. The second-order valence-corrected chi connectivity index (χ2v) is 3.81. The summed E-state index contributed by atoms with van der Waals surface area (Å²) in [4.78, 5) is 32.2. The number of amides is 2. The number of benzene rings is 1. The van der Waals surface area contributed by atoms with Gasteiger partial charge in [0.05, 0.1) is 16.5 Å². The Bertz CT molecular complexity index is 548. The molecule has 0 fully saturated rings. The molecule has 0 atom stereocenters. The third-order valence-corrected chi connectivity index (χ3v) is 2.39. The van der Waals surface area contributed by atoms with Crippen LogP contribution in [0, 0.1) is 10.1 Å². The quantitative estimate of drug-likeness (QED) is 0.332. The van der Waals surface area contributed by atoms with Gasteiger partial charge in [-0.25, -0.2) is 0 Å². The Kier molecular flexibility index (Phi) is 4.62. The normalized spacial score (nSPS) is 9.79. The number of nitro groups is 1. The summed E-state index contributed by atoms with van der Waals surface area (Å²) in [7, 11) is 0. The van der Waals surface area contributed by atoms with Gasteiger partial charge in [0.1, 0.15) is 5.69 Å². The fourth-order valence-corrected chi connectivity index (χ4v) is 1.55. The van der Waals surface area contributed by atoms with E-state index < -0.39 is 22.4 Å². The van der Waals surface area contributed by atoms with Crippen molar-refractivity contribution in [3.63, 3.8) is 0 Å². The summed E-state index contributed by atoms with van der Waals surface area (Å²) in [6.45, 7) is -0.388.